The highest BCUT2D eigenvalue weighted by Crippen LogP contribution is 2.19. The van der Waals surface area contributed by atoms with Gasteiger partial charge in [-0.1, -0.05) is 43.0 Å². The second kappa shape index (κ2) is 7.56. The van der Waals surface area contributed by atoms with Crippen molar-refractivity contribution in [1.82, 2.24) is 5.32 Å². The molecule has 1 fully saturated rings. The number of carbonyl (C=O) groups excluding carboxylic acids is 3. The number of rotatable bonds is 3. The molecule has 3 rings (SSSR count). The van der Waals surface area contributed by atoms with Crippen molar-refractivity contribution in [3.8, 4) is 0 Å². The van der Waals surface area contributed by atoms with Crippen LogP contribution in [0.3, 0.4) is 0 Å². The Balaban J connectivity index is 0.000000185. The lowest BCUT2D eigenvalue weighted by Gasteiger charge is -2.10. The highest BCUT2D eigenvalue weighted by atomic mass is 16.2. The average molecular weight is 309 g/mol. The zero-order valence-electron chi connectivity index (χ0n) is 12.2. The second-order valence-electron chi connectivity index (χ2n) is 4.51. The van der Waals surface area contributed by atoms with Crippen molar-refractivity contribution in [2.45, 2.75) is 0 Å². The molecule has 1 aliphatic heterocycles. The summed E-state index contributed by atoms with van der Waals surface area (Å²) in [6, 6.07) is 17.6. The van der Waals surface area contributed by atoms with Crippen molar-refractivity contribution in [2.24, 2.45) is 0 Å². The minimum atomic E-state index is -0.453. The van der Waals surface area contributed by atoms with Crippen LogP contribution in [0, 0.1) is 0 Å². The Kier molecular flexibility index (Phi) is 5.25. The van der Waals surface area contributed by atoms with Gasteiger partial charge < -0.3 is 10.6 Å². The molecular weight excluding hydrogens is 294 g/mol. The Morgan fingerprint density at radius 1 is 0.957 bits per heavy atom. The molecule has 6 heteroatoms. The summed E-state index contributed by atoms with van der Waals surface area (Å²) >= 11 is 0. The van der Waals surface area contributed by atoms with Crippen molar-refractivity contribution in [3.05, 3.63) is 72.9 Å². The highest BCUT2D eigenvalue weighted by molar-refractivity contribution is 6.26. The zero-order valence-corrected chi connectivity index (χ0v) is 12.2. The van der Waals surface area contributed by atoms with E-state index in [1.807, 2.05) is 36.4 Å². The van der Waals surface area contributed by atoms with Crippen LogP contribution in [-0.4, -0.2) is 18.3 Å². The normalized spacial score (nSPS) is 13.0. The third-order valence-corrected chi connectivity index (χ3v) is 2.94. The molecule has 0 saturated carbocycles. The number of hydrogen-bond donors (Lipinski definition) is 2. The fourth-order valence-electron chi connectivity index (χ4n) is 1.88. The van der Waals surface area contributed by atoms with E-state index in [-0.39, 0.29) is 5.70 Å². The minimum Gasteiger partial charge on any atom is -0.329 e. The number of nitrogens with zero attached hydrogens (tertiary/aromatic N) is 1. The molecule has 2 N–H and O–H groups in total. The predicted octanol–water partition coefficient (Wildman–Crippen LogP) is 2.51. The fraction of sp³-hybridized carbons (Fsp3) is 0. The highest BCUT2D eigenvalue weighted by Gasteiger charge is 2.33. The molecule has 1 aliphatic rings. The van der Waals surface area contributed by atoms with Gasteiger partial charge in [0.1, 0.15) is 5.70 Å². The number of hydrogen-bond acceptors (Lipinski definition) is 3. The number of nitrogens with one attached hydrogen (secondary N) is 2. The van der Waals surface area contributed by atoms with Gasteiger partial charge in [0.2, 0.25) is 6.41 Å². The van der Waals surface area contributed by atoms with E-state index < -0.39 is 11.9 Å². The van der Waals surface area contributed by atoms with Gasteiger partial charge in [-0.2, -0.15) is 0 Å². The molecule has 0 spiro atoms. The molecule has 0 aliphatic carbocycles. The summed E-state index contributed by atoms with van der Waals surface area (Å²) in [5.41, 5.74) is 1.49. The first kappa shape index (κ1) is 16.0. The first-order chi connectivity index (χ1) is 11.1. The maximum atomic E-state index is 11.5. The Hall–Kier alpha value is -3.41. The Morgan fingerprint density at radius 3 is 2.00 bits per heavy atom. The van der Waals surface area contributed by atoms with Gasteiger partial charge in [0.05, 0.1) is 5.69 Å². The molecule has 23 heavy (non-hydrogen) atoms. The standard InChI is InChI=1S/C10H8N2O2.C7H7NO/c1-7-9(13)12(10(14)11-7)8-5-3-2-4-6-8;9-6-8-7-4-2-1-3-5-7/h2-6H,1H2,(H,11,14);1-6H,(H,8,9). The predicted molar refractivity (Wildman–Crippen MR) is 87.7 cm³/mol. The van der Waals surface area contributed by atoms with E-state index in [9.17, 15) is 14.4 Å². The summed E-state index contributed by atoms with van der Waals surface area (Å²) in [6.45, 7) is 3.44. The molecule has 2 aromatic carbocycles. The largest absolute Gasteiger partial charge is 0.333 e. The van der Waals surface area contributed by atoms with E-state index in [2.05, 4.69) is 17.2 Å². The maximum absolute atomic E-state index is 11.5. The average Bonchev–Trinajstić information content (AvgIpc) is 2.83. The van der Waals surface area contributed by atoms with Gasteiger partial charge in [-0.25, -0.2) is 9.69 Å². The third kappa shape index (κ3) is 4.04. The maximum Gasteiger partial charge on any atom is 0.333 e. The van der Waals surface area contributed by atoms with Crippen molar-refractivity contribution < 1.29 is 14.4 Å². The van der Waals surface area contributed by atoms with Gasteiger partial charge in [0, 0.05) is 5.69 Å². The van der Waals surface area contributed by atoms with Crippen molar-refractivity contribution in [2.75, 3.05) is 10.2 Å². The van der Waals surface area contributed by atoms with Crippen molar-refractivity contribution in [1.29, 1.82) is 0 Å². The Bertz CT molecular complexity index is 714. The third-order valence-electron chi connectivity index (χ3n) is 2.94. The number of imide groups is 1. The number of anilines is 2. The molecule has 4 amide bonds. The van der Waals surface area contributed by atoms with Crippen molar-refractivity contribution in [3.63, 3.8) is 0 Å². The number of benzene rings is 2. The van der Waals surface area contributed by atoms with Gasteiger partial charge in [0.25, 0.3) is 5.91 Å². The van der Waals surface area contributed by atoms with Crippen LogP contribution >= 0.6 is 0 Å². The quantitative estimate of drug-likeness (QED) is 0.519. The molecule has 1 saturated heterocycles. The molecule has 0 unspecified atom stereocenters. The van der Waals surface area contributed by atoms with Crippen LogP contribution in [0.15, 0.2) is 72.9 Å². The van der Waals surface area contributed by atoms with Crippen LogP contribution in [0.1, 0.15) is 0 Å². The van der Waals surface area contributed by atoms with Crippen LogP contribution in [0.5, 0.6) is 0 Å². The number of amides is 4. The number of carbonyl (C=O) groups is 3. The summed E-state index contributed by atoms with van der Waals surface area (Å²) in [5.74, 6) is -0.402. The lowest BCUT2D eigenvalue weighted by atomic mass is 10.3. The van der Waals surface area contributed by atoms with E-state index in [0.29, 0.717) is 12.1 Å². The van der Waals surface area contributed by atoms with Crippen LogP contribution in [0.4, 0.5) is 16.2 Å². The topological polar surface area (TPSA) is 78.5 Å². The molecule has 0 aromatic heterocycles. The van der Waals surface area contributed by atoms with Crippen LogP contribution in [0.25, 0.3) is 0 Å². The molecule has 2 aromatic rings. The molecule has 116 valence electrons. The first-order valence-electron chi connectivity index (χ1n) is 6.78. The summed E-state index contributed by atoms with van der Waals surface area (Å²) in [4.78, 5) is 33.7. The van der Waals surface area contributed by atoms with Crippen molar-refractivity contribution >= 4 is 29.7 Å². The van der Waals surface area contributed by atoms with E-state index in [1.165, 1.54) is 0 Å². The summed E-state index contributed by atoms with van der Waals surface area (Å²) in [6.07, 6.45) is 0.662. The van der Waals surface area contributed by atoms with E-state index >= 15 is 0 Å². The summed E-state index contributed by atoms with van der Waals surface area (Å²) in [7, 11) is 0. The number of urea groups is 1. The van der Waals surface area contributed by atoms with E-state index in [1.54, 1.807) is 24.3 Å². The van der Waals surface area contributed by atoms with Gasteiger partial charge >= 0.3 is 6.03 Å². The van der Waals surface area contributed by atoms with Crippen LogP contribution in [-0.2, 0) is 9.59 Å². The zero-order chi connectivity index (χ0) is 16.7. The van der Waals surface area contributed by atoms with Crippen LogP contribution < -0.4 is 15.5 Å². The van der Waals surface area contributed by atoms with Gasteiger partial charge in [0.15, 0.2) is 0 Å². The minimum absolute atomic E-state index is 0.110. The Morgan fingerprint density at radius 2 is 1.52 bits per heavy atom. The summed E-state index contributed by atoms with van der Waals surface area (Å²) < 4.78 is 0. The smallest absolute Gasteiger partial charge is 0.329 e. The first-order valence-corrected chi connectivity index (χ1v) is 6.78. The molecular formula is C17H15N3O3. The fourth-order valence-corrected chi connectivity index (χ4v) is 1.88. The molecule has 0 bridgehead atoms. The molecule has 6 nitrogen and oxygen atoms in total. The monoisotopic (exact) mass is 309 g/mol. The molecule has 0 radical (unpaired) electrons. The SMILES string of the molecule is C=C1NC(=O)N(c2ccccc2)C1=O.O=CNc1ccccc1. The van der Waals surface area contributed by atoms with Gasteiger partial charge in [-0.15, -0.1) is 0 Å². The lowest BCUT2D eigenvalue weighted by Crippen LogP contribution is -2.30. The van der Waals surface area contributed by atoms with Gasteiger partial charge in [-0.05, 0) is 24.3 Å². The number of para-hydroxylation sites is 2. The van der Waals surface area contributed by atoms with Gasteiger partial charge in [-0.3, -0.25) is 9.59 Å². The molecule has 1 heterocycles. The molecule has 0 atom stereocenters. The Labute approximate surface area is 133 Å². The van der Waals surface area contributed by atoms with E-state index in [4.69, 9.17) is 0 Å². The lowest BCUT2D eigenvalue weighted by molar-refractivity contribution is -0.114. The second-order valence-corrected chi connectivity index (χ2v) is 4.51. The van der Waals surface area contributed by atoms with Crippen LogP contribution in [0.2, 0.25) is 0 Å². The van der Waals surface area contributed by atoms with E-state index in [0.717, 1.165) is 10.6 Å². The summed E-state index contributed by atoms with van der Waals surface area (Å²) in [5, 5.41) is 4.89.